The lowest BCUT2D eigenvalue weighted by atomic mass is 10.1. The summed E-state index contributed by atoms with van der Waals surface area (Å²) in [6, 6.07) is 6.12. The molecular formula is C14H12BrF2NO2. The summed E-state index contributed by atoms with van der Waals surface area (Å²) < 4.78 is 32.2. The fourth-order valence-corrected chi connectivity index (χ4v) is 2.27. The van der Waals surface area contributed by atoms with Gasteiger partial charge in [-0.2, -0.15) is 0 Å². The minimum Gasteiger partial charge on any atom is -0.464 e. The zero-order valence-electron chi connectivity index (χ0n) is 10.7. The normalized spacial score (nSPS) is 10.6. The van der Waals surface area contributed by atoms with Crippen LogP contribution in [0.3, 0.4) is 0 Å². The van der Waals surface area contributed by atoms with Crippen LogP contribution in [-0.2, 0) is 11.3 Å². The molecule has 0 amide bonds. The third kappa shape index (κ3) is 2.90. The quantitative estimate of drug-likeness (QED) is 0.790. The van der Waals surface area contributed by atoms with Crippen molar-refractivity contribution < 1.29 is 18.3 Å². The molecule has 20 heavy (non-hydrogen) atoms. The molecular weight excluding hydrogens is 332 g/mol. The summed E-state index contributed by atoms with van der Waals surface area (Å²) in [6.45, 7) is -0.530. The van der Waals surface area contributed by atoms with Gasteiger partial charge >= 0.3 is 5.97 Å². The molecule has 2 aromatic rings. The molecule has 1 heterocycles. The summed E-state index contributed by atoms with van der Waals surface area (Å²) >= 11 is 3.11. The molecule has 0 atom stereocenters. The largest absolute Gasteiger partial charge is 0.464 e. The third-order valence-electron chi connectivity index (χ3n) is 2.87. The summed E-state index contributed by atoms with van der Waals surface area (Å²) in [7, 11) is 1.27. The van der Waals surface area contributed by atoms with Crippen molar-refractivity contribution >= 4 is 21.9 Å². The number of alkyl halides is 1. The molecule has 2 rings (SSSR count). The van der Waals surface area contributed by atoms with Crippen molar-refractivity contribution in [3.05, 3.63) is 46.4 Å². The highest BCUT2D eigenvalue weighted by molar-refractivity contribution is 9.10. The molecule has 0 fully saturated rings. The fourth-order valence-electron chi connectivity index (χ4n) is 1.90. The molecule has 0 spiro atoms. The molecule has 0 unspecified atom stereocenters. The second-order valence-electron chi connectivity index (χ2n) is 4.12. The van der Waals surface area contributed by atoms with Crippen LogP contribution in [0.5, 0.6) is 0 Å². The van der Waals surface area contributed by atoms with Crippen molar-refractivity contribution in [1.82, 2.24) is 4.57 Å². The van der Waals surface area contributed by atoms with E-state index < -0.39 is 12.6 Å². The van der Waals surface area contributed by atoms with Gasteiger partial charge < -0.3 is 9.30 Å². The maximum atomic E-state index is 13.2. The summed E-state index contributed by atoms with van der Waals surface area (Å²) in [4.78, 5) is 11.6. The smallest absolute Gasteiger partial charge is 0.354 e. The van der Waals surface area contributed by atoms with E-state index >= 15 is 0 Å². The number of methoxy groups -OCH3 is 1. The molecule has 6 heteroatoms. The highest BCUT2D eigenvalue weighted by Gasteiger charge is 2.15. The number of hydrogen-bond donors (Lipinski definition) is 0. The lowest BCUT2D eigenvalue weighted by Crippen LogP contribution is -2.10. The standard InChI is InChI=1S/C14H12BrF2NO2/c1-20-14(19)13-7-10(8-18(13)5-4-16)9-2-3-12(17)11(15)6-9/h2-3,6-8H,4-5H2,1H3. The molecule has 0 saturated heterocycles. The van der Waals surface area contributed by atoms with E-state index in [1.54, 1.807) is 24.4 Å². The molecule has 0 saturated carbocycles. The monoisotopic (exact) mass is 343 g/mol. The van der Waals surface area contributed by atoms with Gasteiger partial charge in [-0.15, -0.1) is 0 Å². The van der Waals surface area contributed by atoms with E-state index in [1.807, 2.05) is 0 Å². The average molecular weight is 344 g/mol. The Balaban J connectivity index is 2.46. The maximum Gasteiger partial charge on any atom is 0.354 e. The molecule has 1 aromatic heterocycles. The van der Waals surface area contributed by atoms with E-state index in [2.05, 4.69) is 20.7 Å². The number of rotatable bonds is 4. The Labute approximate surface area is 123 Å². The fraction of sp³-hybridized carbons (Fsp3) is 0.214. The minimum atomic E-state index is -0.592. The van der Waals surface area contributed by atoms with Gasteiger partial charge in [-0.05, 0) is 39.7 Å². The van der Waals surface area contributed by atoms with Gasteiger partial charge in [0.2, 0.25) is 0 Å². The lowest BCUT2D eigenvalue weighted by molar-refractivity contribution is 0.0588. The Hall–Kier alpha value is -1.69. The Kier molecular flexibility index (Phi) is 4.54. The van der Waals surface area contributed by atoms with Crippen LogP contribution in [0.2, 0.25) is 0 Å². The van der Waals surface area contributed by atoms with Crippen molar-refractivity contribution in [3.63, 3.8) is 0 Å². The number of aryl methyl sites for hydroxylation is 1. The Morgan fingerprint density at radius 1 is 1.35 bits per heavy atom. The van der Waals surface area contributed by atoms with Crippen LogP contribution in [-0.4, -0.2) is 24.3 Å². The van der Waals surface area contributed by atoms with Crippen LogP contribution in [0.25, 0.3) is 11.1 Å². The van der Waals surface area contributed by atoms with Gasteiger partial charge in [0.1, 0.15) is 18.2 Å². The molecule has 0 N–H and O–H groups in total. The summed E-state index contributed by atoms with van der Waals surface area (Å²) in [5.74, 6) is -0.906. The second kappa shape index (κ2) is 6.17. The SMILES string of the molecule is COC(=O)c1cc(-c2ccc(F)c(Br)c2)cn1CCF. The van der Waals surface area contributed by atoms with Crippen molar-refractivity contribution in [2.45, 2.75) is 6.54 Å². The van der Waals surface area contributed by atoms with Gasteiger partial charge in [0.15, 0.2) is 0 Å². The minimum absolute atomic E-state index is 0.0623. The highest BCUT2D eigenvalue weighted by Crippen LogP contribution is 2.27. The predicted molar refractivity (Wildman–Crippen MR) is 74.8 cm³/mol. The molecule has 0 aliphatic carbocycles. The molecule has 1 aromatic carbocycles. The maximum absolute atomic E-state index is 13.2. The number of carbonyl (C=O) groups is 1. The number of carbonyl (C=O) groups excluding carboxylic acids is 1. The van der Waals surface area contributed by atoms with E-state index in [9.17, 15) is 13.6 Å². The van der Waals surface area contributed by atoms with Gasteiger partial charge in [0.25, 0.3) is 0 Å². The first kappa shape index (κ1) is 14.7. The number of nitrogens with zero attached hydrogens (tertiary/aromatic N) is 1. The van der Waals surface area contributed by atoms with Gasteiger partial charge in [0, 0.05) is 11.8 Å². The van der Waals surface area contributed by atoms with E-state index in [4.69, 9.17) is 0 Å². The van der Waals surface area contributed by atoms with Crippen LogP contribution in [0.4, 0.5) is 8.78 Å². The third-order valence-corrected chi connectivity index (χ3v) is 3.48. The Bertz CT molecular complexity index is 640. The average Bonchev–Trinajstić information content (AvgIpc) is 2.85. The van der Waals surface area contributed by atoms with Crippen LogP contribution in [0.1, 0.15) is 10.5 Å². The zero-order valence-corrected chi connectivity index (χ0v) is 12.3. The van der Waals surface area contributed by atoms with E-state index in [0.717, 1.165) is 5.56 Å². The number of aromatic nitrogens is 1. The van der Waals surface area contributed by atoms with Gasteiger partial charge in [-0.25, -0.2) is 13.6 Å². The molecule has 0 radical (unpaired) electrons. The summed E-state index contributed by atoms with van der Waals surface area (Å²) in [5, 5.41) is 0. The molecule has 106 valence electrons. The van der Waals surface area contributed by atoms with Crippen LogP contribution < -0.4 is 0 Å². The summed E-state index contributed by atoms with van der Waals surface area (Å²) in [6.07, 6.45) is 1.64. The Morgan fingerprint density at radius 2 is 2.10 bits per heavy atom. The van der Waals surface area contributed by atoms with Gasteiger partial charge in [0.05, 0.1) is 18.1 Å². The molecule has 3 nitrogen and oxygen atoms in total. The number of benzene rings is 1. The Morgan fingerprint density at radius 3 is 2.70 bits per heavy atom. The van der Waals surface area contributed by atoms with Crippen LogP contribution in [0.15, 0.2) is 34.9 Å². The number of esters is 1. The molecule has 0 aliphatic heterocycles. The van der Waals surface area contributed by atoms with Crippen molar-refractivity contribution in [1.29, 1.82) is 0 Å². The van der Waals surface area contributed by atoms with Crippen molar-refractivity contribution in [2.75, 3.05) is 13.8 Å². The van der Waals surface area contributed by atoms with Crippen molar-refractivity contribution in [2.24, 2.45) is 0 Å². The number of halogens is 3. The zero-order chi connectivity index (χ0) is 14.7. The first-order valence-corrected chi connectivity index (χ1v) is 6.66. The van der Waals surface area contributed by atoms with Gasteiger partial charge in [-0.3, -0.25) is 0 Å². The second-order valence-corrected chi connectivity index (χ2v) is 4.97. The molecule has 0 bridgehead atoms. The van der Waals surface area contributed by atoms with E-state index in [1.165, 1.54) is 17.7 Å². The van der Waals surface area contributed by atoms with Crippen LogP contribution >= 0.6 is 15.9 Å². The molecule has 0 aliphatic rings. The lowest BCUT2D eigenvalue weighted by Gasteiger charge is -2.03. The van der Waals surface area contributed by atoms with Gasteiger partial charge in [-0.1, -0.05) is 6.07 Å². The predicted octanol–water partition coefficient (Wildman–Crippen LogP) is 3.81. The first-order chi connectivity index (χ1) is 9.56. The highest BCUT2D eigenvalue weighted by atomic mass is 79.9. The summed E-state index contributed by atoms with van der Waals surface area (Å²) in [5.41, 5.74) is 1.68. The number of ether oxygens (including phenoxy) is 1. The van der Waals surface area contributed by atoms with Crippen molar-refractivity contribution in [3.8, 4) is 11.1 Å². The van der Waals surface area contributed by atoms with E-state index in [0.29, 0.717) is 10.0 Å². The number of hydrogen-bond acceptors (Lipinski definition) is 2. The first-order valence-electron chi connectivity index (χ1n) is 5.86. The van der Waals surface area contributed by atoms with Crippen LogP contribution in [0, 0.1) is 5.82 Å². The topological polar surface area (TPSA) is 31.2 Å². The van der Waals surface area contributed by atoms with E-state index in [-0.39, 0.29) is 18.1 Å².